The summed E-state index contributed by atoms with van der Waals surface area (Å²) in [7, 11) is 1.58. The molecule has 0 aromatic heterocycles. The van der Waals surface area contributed by atoms with E-state index < -0.39 is 0 Å². The Morgan fingerprint density at radius 1 is 1.52 bits per heavy atom. The number of methoxy groups -OCH3 is 1. The number of guanidine groups is 1. The van der Waals surface area contributed by atoms with Crippen molar-refractivity contribution in [2.45, 2.75) is 13.8 Å². The summed E-state index contributed by atoms with van der Waals surface area (Å²) < 4.78 is 5.73. The molecule has 0 heterocycles. The Morgan fingerprint density at radius 3 is 2.81 bits per heavy atom. The number of rotatable bonds is 5. The van der Waals surface area contributed by atoms with E-state index in [1.165, 1.54) is 0 Å². The van der Waals surface area contributed by atoms with Crippen LogP contribution in [0.15, 0.2) is 27.7 Å². The van der Waals surface area contributed by atoms with Gasteiger partial charge >= 0.3 is 6.03 Å². The summed E-state index contributed by atoms with van der Waals surface area (Å²) in [6.45, 7) is 5.23. The van der Waals surface area contributed by atoms with E-state index in [4.69, 9.17) is 10.5 Å². The van der Waals surface area contributed by atoms with Crippen molar-refractivity contribution in [2.75, 3.05) is 31.7 Å². The molecule has 0 saturated carbocycles. The average molecular weight is 357 g/mol. The number of aliphatic imine (C=N–C) groups is 1. The number of aryl methyl sites for hydroxylation is 1. The van der Waals surface area contributed by atoms with E-state index in [1.54, 1.807) is 12.0 Å². The molecular weight excluding hydrogens is 336 g/mol. The second-order valence-electron chi connectivity index (χ2n) is 4.34. The zero-order valence-electron chi connectivity index (χ0n) is 12.5. The Kier molecular flexibility index (Phi) is 7.18. The fourth-order valence-corrected chi connectivity index (χ4v) is 2.52. The van der Waals surface area contributed by atoms with Crippen molar-refractivity contribution < 1.29 is 9.53 Å². The molecule has 0 bridgehead atoms. The number of benzene rings is 1. The van der Waals surface area contributed by atoms with Crippen molar-refractivity contribution in [1.82, 2.24) is 5.32 Å². The van der Waals surface area contributed by atoms with Gasteiger partial charge < -0.3 is 10.5 Å². The van der Waals surface area contributed by atoms with Crippen LogP contribution in [0.4, 0.5) is 10.5 Å². The first-order valence-electron chi connectivity index (χ1n) is 6.63. The molecule has 0 aliphatic heterocycles. The Balaban J connectivity index is 2.85. The van der Waals surface area contributed by atoms with Crippen LogP contribution in [0.1, 0.15) is 12.5 Å². The molecule has 1 rings (SSSR count). The van der Waals surface area contributed by atoms with Gasteiger partial charge in [0.05, 0.1) is 18.8 Å². The van der Waals surface area contributed by atoms with Crippen LogP contribution in [0.5, 0.6) is 0 Å². The molecule has 0 spiro atoms. The minimum Gasteiger partial charge on any atom is -0.383 e. The van der Waals surface area contributed by atoms with Gasteiger partial charge in [-0.1, -0.05) is 12.1 Å². The quantitative estimate of drug-likeness (QED) is 0.482. The number of hydrogen-bond acceptors (Lipinski definition) is 3. The Morgan fingerprint density at radius 2 is 2.24 bits per heavy atom. The monoisotopic (exact) mass is 356 g/mol. The summed E-state index contributed by atoms with van der Waals surface area (Å²) in [4.78, 5) is 17.9. The van der Waals surface area contributed by atoms with E-state index in [-0.39, 0.29) is 12.0 Å². The number of hydrogen-bond donors (Lipinski definition) is 2. The minimum atomic E-state index is -0.314. The third kappa shape index (κ3) is 5.02. The molecule has 0 aliphatic carbocycles. The molecule has 0 unspecified atom stereocenters. The smallest absolute Gasteiger partial charge is 0.328 e. The SMILES string of the molecule is CCN(C(=O)NC(N)=NCCOC)c1c(C)cccc1Br. The van der Waals surface area contributed by atoms with Crippen LogP contribution in [0, 0.1) is 6.92 Å². The minimum absolute atomic E-state index is 0.0835. The lowest BCUT2D eigenvalue weighted by Crippen LogP contribution is -2.46. The predicted molar refractivity (Wildman–Crippen MR) is 88.8 cm³/mol. The van der Waals surface area contributed by atoms with Gasteiger partial charge in [0.2, 0.25) is 0 Å². The number of anilines is 1. The van der Waals surface area contributed by atoms with Crippen LogP contribution >= 0.6 is 15.9 Å². The first kappa shape index (κ1) is 17.5. The van der Waals surface area contributed by atoms with Gasteiger partial charge in [0.25, 0.3) is 0 Å². The molecule has 3 N–H and O–H groups in total. The topological polar surface area (TPSA) is 80.0 Å². The number of urea groups is 1. The Bertz CT molecular complexity index is 499. The average Bonchev–Trinajstić information content (AvgIpc) is 2.43. The first-order chi connectivity index (χ1) is 10.0. The molecule has 0 radical (unpaired) electrons. The lowest BCUT2D eigenvalue weighted by Gasteiger charge is -2.24. The van der Waals surface area contributed by atoms with Crippen molar-refractivity contribution in [3.05, 3.63) is 28.2 Å². The van der Waals surface area contributed by atoms with Crippen molar-refractivity contribution in [3.63, 3.8) is 0 Å². The van der Waals surface area contributed by atoms with Gasteiger partial charge in [-0.15, -0.1) is 0 Å². The highest BCUT2D eigenvalue weighted by Crippen LogP contribution is 2.29. The number of nitrogens with two attached hydrogens (primary N) is 1. The zero-order chi connectivity index (χ0) is 15.8. The summed E-state index contributed by atoms with van der Waals surface area (Å²) in [6, 6.07) is 5.46. The van der Waals surface area contributed by atoms with Gasteiger partial charge in [0.1, 0.15) is 0 Å². The fraction of sp³-hybridized carbons (Fsp3) is 0.429. The van der Waals surface area contributed by atoms with Crippen LogP contribution in [0.3, 0.4) is 0 Å². The second-order valence-corrected chi connectivity index (χ2v) is 5.19. The Hall–Kier alpha value is -1.60. The third-order valence-corrected chi connectivity index (χ3v) is 3.47. The number of nitrogens with zero attached hydrogens (tertiary/aromatic N) is 2. The van der Waals surface area contributed by atoms with E-state index >= 15 is 0 Å². The molecule has 0 saturated heterocycles. The van der Waals surface area contributed by atoms with E-state index in [1.807, 2.05) is 32.0 Å². The normalized spacial score (nSPS) is 11.3. The molecule has 0 atom stereocenters. The van der Waals surface area contributed by atoms with Crippen LogP contribution in [-0.4, -0.2) is 38.8 Å². The summed E-state index contributed by atoms with van der Waals surface area (Å²) in [5.41, 5.74) is 7.50. The maximum absolute atomic E-state index is 12.3. The summed E-state index contributed by atoms with van der Waals surface area (Å²) >= 11 is 3.47. The van der Waals surface area contributed by atoms with Gasteiger partial charge in [0, 0.05) is 18.1 Å². The maximum Gasteiger partial charge on any atom is 0.328 e. The van der Waals surface area contributed by atoms with Gasteiger partial charge in [-0.25, -0.2) is 4.79 Å². The van der Waals surface area contributed by atoms with Crippen LogP contribution in [0.2, 0.25) is 0 Å². The van der Waals surface area contributed by atoms with Gasteiger partial charge in [-0.2, -0.15) is 0 Å². The number of amides is 2. The molecule has 21 heavy (non-hydrogen) atoms. The standard InChI is InChI=1S/C14H21BrN4O2/c1-4-19(12-10(2)6-5-7-11(12)15)14(20)18-13(16)17-8-9-21-3/h5-7H,4,8-9H2,1-3H3,(H3,16,17,18,20). The number of halogens is 1. The maximum atomic E-state index is 12.3. The van der Waals surface area contributed by atoms with E-state index in [2.05, 4.69) is 26.2 Å². The first-order valence-corrected chi connectivity index (χ1v) is 7.43. The summed E-state index contributed by atoms with van der Waals surface area (Å²) in [6.07, 6.45) is 0. The highest BCUT2D eigenvalue weighted by molar-refractivity contribution is 9.10. The van der Waals surface area contributed by atoms with Crippen LogP contribution in [0.25, 0.3) is 0 Å². The molecule has 6 nitrogen and oxygen atoms in total. The fourth-order valence-electron chi connectivity index (χ4n) is 1.84. The van der Waals surface area contributed by atoms with Gasteiger partial charge in [-0.3, -0.25) is 15.2 Å². The van der Waals surface area contributed by atoms with Crippen LogP contribution < -0.4 is 16.0 Å². The number of carbonyl (C=O) groups excluding carboxylic acids is 1. The van der Waals surface area contributed by atoms with Gasteiger partial charge in [-0.05, 0) is 41.4 Å². The predicted octanol–water partition coefficient (Wildman–Crippen LogP) is 2.25. The zero-order valence-corrected chi connectivity index (χ0v) is 14.1. The number of ether oxygens (including phenoxy) is 1. The number of nitrogens with one attached hydrogen (secondary N) is 1. The van der Waals surface area contributed by atoms with E-state index in [0.717, 1.165) is 15.7 Å². The Labute approximate surface area is 133 Å². The molecule has 7 heteroatoms. The number of para-hydroxylation sites is 1. The van der Waals surface area contributed by atoms with Gasteiger partial charge in [0.15, 0.2) is 5.96 Å². The number of carbonyl (C=O) groups is 1. The van der Waals surface area contributed by atoms with Crippen molar-refractivity contribution in [3.8, 4) is 0 Å². The molecule has 1 aromatic rings. The highest BCUT2D eigenvalue weighted by Gasteiger charge is 2.18. The van der Waals surface area contributed by atoms with Crippen molar-refractivity contribution in [1.29, 1.82) is 0 Å². The lowest BCUT2D eigenvalue weighted by atomic mass is 10.2. The molecule has 0 aliphatic rings. The molecule has 1 aromatic carbocycles. The van der Waals surface area contributed by atoms with E-state index in [0.29, 0.717) is 19.7 Å². The van der Waals surface area contributed by atoms with Crippen LogP contribution in [-0.2, 0) is 4.74 Å². The summed E-state index contributed by atoms with van der Waals surface area (Å²) in [5.74, 6) is 0.0835. The summed E-state index contributed by atoms with van der Waals surface area (Å²) in [5, 5.41) is 2.58. The van der Waals surface area contributed by atoms with Crippen molar-refractivity contribution >= 4 is 33.6 Å². The molecule has 2 amide bonds. The second kappa shape index (κ2) is 8.63. The molecular formula is C14H21BrN4O2. The molecule has 0 fully saturated rings. The lowest BCUT2D eigenvalue weighted by molar-refractivity contribution is 0.208. The largest absolute Gasteiger partial charge is 0.383 e. The van der Waals surface area contributed by atoms with Crippen molar-refractivity contribution in [2.24, 2.45) is 10.7 Å². The highest BCUT2D eigenvalue weighted by atomic mass is 79.9. The third-order valence-electron chi connectivity index (χ3n) is 2.83. The molecule has 116 valence electrons. The van der Waals surface area contributed by atoms with E-state index in [9.17, 15) is 4.79 Å².